The molecule has 0 saturated carbocycles. The molecule has 13 heavy (non-hydrogen) atoms. The molecule has 1 aromatic rings. The van der Waals surface area contributed by atoms with Crippen LogP contribution in [0, 0.1) is 5.92 Å². The van der Waals surface area contributed by atoms with Crippen molar-refractivity contribution in [3.05, 3.63) is 35.9 Å². The van der Waals surface area contributed by atoms with Gasteiger partial charge in [0.15, 0.2) is 0 Å². The molecule has 0 aliphatic heterocycles. The van der Waals surface area contributed by atoms with Gasteiger partial charge in [-0.05, 0) is 17.9 Å². The Bertz CT molecular complexity index is 231. The number of rotatable bonds is 4. The van der Waals surface area contributed by atoms with Gasteiger partial charge in [-0.15, -0.1) is 0 Å². The Kier molecular flexibility index (Phi) is 3.93. The van der Waals surface area contributed by atoms with E-state index in [1.54, 1.807) is 0 Å². The van der Waals surface area contributed by atoms with E-state index in [0.29, 0.717) is 5.92 Å². The zero-order chi connectivity index (χ0) is 9.68. The summed E-state index contributed by atoms with van der Waals surface area (Å²) < 4.78 is 0. The third-order valence-electron chi connectivity index (χ3n) is 1.98. The van der Waals surface area contributed by atoms with Gasteiger partial charge in [0.05, 0.1) is 0 Å². The standard InChI is InChI=1S/C11H16O2/c1-9(2)8-11(13-12)10-6-4-3-5-7-10/h3-7,9,11-12H,8H2,1-2H3. The van der Waals surface area contributed by atoms with Crippen molar-refractivity contribution < 1.29 is 10.1 Å². The normalized spacial score (nSPS) is 13.2. The Hall–Kier alpha value is -0.860. The largest absolute Gasteiger partial charge is 0.251 e. The molecular weight excluding hydrogens is 164 g/mol. The summed E-state index contributed by atoms with van der Waals surface area (Å²) in [5.74, 6) is 0.511. The van der Waals surface area contributed by atoms with E-state index < -0.39 is 0 Å². The molecule has 0 radical (unpaired) electrons. The molecule has 0 aromatic heterocycles. The summed E-state index contributed by atoms with van der Waals surface area (Å²) in [5, 5.41) is 8.73. The SMILES string of the molecule is CC(C)CC(OO)c1ccccc1. The quantitative estimate of drug-likeness (QED) is 0.569. The molecule has 0 amide bonds. The summed E-state index contributed by atoms with van der Waals surface area (Å²) in [7, 11) is 0. The van der Waals surface area contributed by atoms with Crippen LogP contribution < -0.4 is 0 Å². The molecule has 0 heterocycles. The molecule has 2 nitrogen and oxygen atoms in total. The molecule has 0 aliphatic rings. The van der Waals surface area contributed by atoms with E-state index >= 15 is 0 Å². The maximum Gasteiger partial charge on any atom is 0.118 e. The van der Waals surface area contributed by atoms with Crippen LogP contribution in [-0.2, 0) is 4.89 Å². The van der Waals surface area contributed by atoms with E-state index in [0.717, 1.165) is 12.0 Å². The molecular formula is C11H16O2. The third-order valence-corrected chi connectivity index (χ3v) is 1.98. The molecule has 1 aromatic carbocycles. The lowest BCUT2D eigenvalue weighted by molar-refractivity contribution is -0.284. The molecule has 72 valence electrons. The molecule has 1 rings (SSSR count). The molecule has 0 fully saturated rings. The molecule has 1 N–H and O–H groups in total. The van der Waals surface area contributed by atoms with Crippen molar-refractivity contribution in [2.45, 2.75) is 26.4 Å². The highest BCUT2D eigenvalue weighted by atomic mass is 17.1. The predicted octanol–water partition coefficient (Wildman–Crippen LogP) is 3.26. The molecule has 1 atom stereocenters. The first kappa shape index (κ1) is 10.2. The van der Waals surface area contributed by atoms with E-state index in [-0.39, 0.29) is 6.10 Å². The van der Waals surface area contributed by atoms with Gasteiger partial charge in [0.2, 0.25) is 0 Å². The molecule has 0 saturated heterocycles. The molecule has 0 bridgehead atoms. The van der Waals surface area contributed by atoms with Gasteiger partial charge in [0, 0.05) is 0 Å². The van der Waals surface area contributed by atoms with Crippen molar-refractivity contribution in [3.63, 3.8) is 0 Å². The zero-order valence-corrected chi connectivity index (χ0v) is 8.10. The summed E-state index contributed by atoms with van der Waals surface area (Å²) in [6, 6.07) is 9.77. The third kappa shape index (κ3) is 3.17. The molecule has 2 heteroatoms. The second-order valence-corrected chi connectivity index (χ2v) is 3.63. The lowest BCUT2D eigenvalue weighted by Crippen LogP contribution is -2.05. The first-order chi connectivity index (χ1) is 6.24. The Morgan fingerprint density at radius 2 is 1.85 bits per heavy atom. The molecule has 0 spiro atoms. The van der Waals surface area contributed by atoms with Crippen LogP contribution in [-0.4, -0.2) is 5.26 Å². The zero-order valence-electron chi connectivity index (χ0n) is 8.10. The monoisotopic (exact) mass is 180 g/mol. The van der Waals surface area contributed by atoms with Gasteiger partial charge in [-0.25, -0.2) is 4.89 Å². The predicted molar refractivity (Wildman–Crippen MR) is 52.4 cm³/mol. The van der Waals surface area contributed by atoms with Crippen molar-refractivity contribution in [1.29, 1.82) is 0 Å². The highest BCUT2D eigenvalue weighted by Gasteiger charge is 2.12. The average molecular weight is 180 g/mol. The minimum atomic E-state index is -0.193. The van der Waals surface area contributed by atoms with Crippen molar-refractivity contribution in [3.8, 4) is 0 Å². The highest BCUT2D eigenvalue weighted by molar-refractivity contribution is 5.17. The smallest absolute Gasteiger partial charge is 0.118 e. The number of benzene rings is 1. The fourth-order valence-corrected chi connectivity index (χ4v) is 1.34. The van der Waals surface area contributed by atoms with Gasteiger partial charge in [0.1, 0.15) is 6.10 Å². The fraction of sp³-hybridized carbons (Fsp3) is 0.455. The van der Waals surface area contributed by atoms with Gasteiger partial charge < -0.3 is 0 Å². The Morgan fingerprint density at radius 3 is 2.31 bits per heavy atom. The maximum absolute atomic E-state index is 8.73. The van der Waals surface area contributed by atoms with Gasteiger partial charge in [-0.3, -0.25) is 5.26 Å². The second-order valence-electron chi connectivity index (χ2n) is 3.63. The number of hydrogen-bond donors (Lipinski definition) is 1. The van der Waals surface area contributed by atoms with E-state index in [2.05, 4.69) is 18.7 Å². The van der Waals surface area contributed by atoms with Crippen LogP contribution in [0.1, 0.15) is 31.9 Å². The molecule has 1 unspecified atom stereocenters. The highest BCUT2D eigenvalue weighted by Crippen LogP contribution is 2.23. The van der Waals surface area contributed by atoms with Crippen LogP contribution in [0.4, 0.5) is 0 Å². The topological polar surface area (TPSA) is 29.5 Å². The average Bonchev–Trinajstić information content (AvgIpc) is 2.15. The minimum Gasteiger partial charge on any atom is -0.251 e. The first-order valence-electron chi connectivity index (χ1n) is 4.59. The first-order valence-corrected chi connectivity index (χ1v) is 4.59. The van der Waals surface area contributed by atoms with Crippen molar-refractivity contribution in [2.24, 2.45) is 5.92 Å². The van der Waals surface area contributed by atoms with Crippen molar-refractivity contribution in [1.82, 2.24) is 0 Å². The summed E-state index contributed by atoms with van der Waals surface area (Å²) >= 11 is 0. The summed E-state index contributed by atoms with van der Waals surface area (Å²) in [4.78, 5) is 4.45. The van der Waals surface area contributed by atoms with Gasteiger partial charge >= 0.3 is 0 Å². The van der Waals surface area contributed by atoms with Gasteiger partial charge in [-0.1, -0.05) is 44.2 Å². The van der Waals surface area contributed by atoms with Crippen LogP contribution in [0.3, 0.4) is 0 Å². The Labute approximate surface area is 79.1 Å². The van der Waals surface area contributed by atoms with E-state index in [4.69, 9.17) is 5.26 Å². The summed E-state index contributed by atoms with van der Waals surface area (Å²) in [6.45, 7) is 4.21. The maximum atomic E-state index is 8.73. The number of hydrogen-bond acceptors (Lipinski definition) is 2. The van der Waals surface area contributed by atoms with Crippen LogP contribution >= 0.6 is 0 Å². The van der Waals surface area contributed by atoms with E-state index in [1.165, 1.54) is 0 Å². The van der Waals surface area contributed by atoms with Crippen LogP contribution in [0.2, 0.25) is 0 Å². The minimum absolute atomic E-state index is 0.193. The lowest BCUT2D eigenvalue weighted by Gasteiger charge is -2.15. The van der Waals surface area contributed by atoms with Crippen LogP contribution in [0.25, 0.3) is 0 Å². The lowest BCUT2D eigenvalue weighted by atomic mass is 10.00. The second kappa shape index (κ2) is 5.00. The fourth-order valence-electron chi connectivity index (χ4n) is 1.34. The summed E-state index contributed by atoms with van der Waals surface area (Å²) in [6.07, 6.45) is 0.641. The van der Waals surface area contributed by atoms with Crippen molar-refractivity contribution in [2.75, 3.05) is 0 Å². The molecule has 0 aliphatic carbocycles. The summed E-state index contributed by atoms with van der Waals surface area (Å²) in [5.41, 5.74) is 1.03. The van der Waals surface area contributed by atoms with E-state index in [1.807, 2.05) is 30.3 Å². The van der Waals surface area contributed by atoms with Crippen molar-refractivity contribution >= 4 is 0 Å². The van der Waals surface area contributed by atoms with Crippen LogP contribution in [0.5, 0.6) is 0 Å². The van der Waals surface area contributed by atoms with Gasteiger partial charge in [-0.2, -0.15) is 0 Å². The Balaban J connectivity index is 2.67. The Morgan fingerprint density at radius 1 is 1.23 bits per heavy atom. The van der Waals surface area contributed by atoms with Crippen LogP contribution in [0.15, 0.2) is 30.3 Å². The van der Waals surface area contributed by atoms with Gasteiger partial charge in [0.25, 0.3) is 0 Å². The van der Waals surface area contributed by atoms with E-state index in [9.17, 15) is 0 Å².